The lowest BCUT2D eigenvalue weighted by Crippen LogP contribution is -2.78. The molecule has 2 saturated carbocycles. The van der Waals surface area contributed by atoms with Crippen molar-refractivity contribution in [3.05, 3.63) is 34.4 Å². The minimum atomic E-state index is -1.01. The standard InChI is InChI=1S/C28H32N2O5/c31-20-8-7-16-13-21-28(34)10-9-19(30-25(32)17-3-1-2-4-18(17)26(30)33)24-27(28,22(16)23(20)35-24)11-12-29(21)14-15-5-6-15/h7-8,15,19,21,24,31,34H,1-6,9-14H2/t19?,21-,24?,27+,28-/m1/s1. The van der Waals surface area contributed by atoms with Crippen LogP contribution in [0.25, 0.3) is 0 Å². The predicted octanol–water partition coefficient (Wildman–Crippen LogP) is 2.56. The topological polar surface area (TPSA) is 90.3 Å². The number of phenols is 1. The fourth-order valence-electron chi connectivity index (χ4n) is 8.78. The predicted molar refractivity (Wildman–Crippen MR) is 126 cm³/mol. The highest BCUT2D eigenvalue weighted by molar-refractivity contribution is 6.19. The highest BCUT2D eigenvalue weighted by Crippen LogP contribution is 2.66. The maximum atomic E-state index is 13.5. The van der Waals surface area contributed by atoms with E-state index in [0.29, 0.717) is 49.0 Å². The third-order valence-corrected chi connectivity index (χ3v) is 10.5. The molecule has 0 radical (unpaired) electrons. The molecule has 3 aliphatic heterocycles. The Morgan fingerprint density at radius 3 is 2.49 bits per heavy atom. The monoisotopic (exact) mass is 476 g/mol. The van der Waals surface area contributed by atoms with E-state index in [1.54, 1.807) is 6.07 Å². The molecule has 3 heterocycles. The molecule has 8 rings (SSSR count). The lowest BCUT2D eigenvalue weighted by Gasteiger charge is -2.64. The number of ether oxygens (including phenoxy) is 1. The number of amides is 2. The van der Waals surface area contributed by atoms with Gasteiger partial charge in [-0.2, -0.15) is 0 Å². The number of aliphatic hydroxyl groups is 1. The van der Waals surface area contributed by atoms with E-state index in [1.807, 2.05) is 6.07 Å². The number of rotatable bonds is 3. The Kier molecular flexibility index (Phi) is 3.97. The van der Waals surface area contributed by atoms with Crippen molar-refractivity contribution >= 4 is 11.8 Å². The van der Waals surface area contributed by atoms with Gasteiger partial charge in [-0.1, -0.05) is 6.07 Å². The lowest BCUT2D eigenvalue weighted by atomic mass is 9.48. The summed E-state index contributed by atoms with van der Waals surface area (Å²) in [4.78, 5) is 31.1. The Labute approximate surface area is 204 Å². The molecule has 7 heteroatoms. The average Bonchev–Trinajstić information content (AvgIpc) is 3.54. The molecule has 1 aromatic carbocycles. The van der Waals surface area contributed by atoms with Crippen LogP contribution >= 0.6 is 0 Å². The molecule has 3 fully saturated rings. The average molecular weight is 477 g/mol. The van der Waals surface area contributed by atoms with Crippen LogP contribution < -0.4 is 4.74 Å². The summed E-state index contributed by atoms with van der Waals surface area (Å²) < 4.78 is 6.59. The Hall–Kier alpha value is -2.38. The van der Waals surface area contributed by atoms with Gasteiger partial charge in [0, 0.05) is 29.3 Å². The third-order valence-electron chi connectivity index (χ3n) is 10.5. The van der Waals surface area contributed by atoms with Crippen LogP contribution in [0.3, 0.4) is 0 Å². The number of piperidine rings is 1. The Balaban J connectivity index is 1.26. The molecule has 2 unspecified atom stereocenters. The normalized spacial score (nSPS) is 39.6. The van der Waals surface area contributed by atoms with Gasteiger partial charge in [0.1, 0.15) is 6.10 Å². The molecule has 7 aliphatic rings. The van der Waals surface area contributed by atoms with E-state index in [1.165, 1.54) is 17.7 Å². The van der Waals surface area contributed by atoms with Crippen molar-refractivity contribution in [2.75, 3.05) is 13.1 Å². The first-order valence-electron chi connectivity index (χ1n) is 13.5. The molecule has 35 heavy (non-hydrogen) atoms. The summed E-state index contributed by atoms with van der Waals surface area (Å²) in [5.74, 6) is 0.972. The number of likely N-dealkylation sites (tertiary alicyclic amines) is 1. The van der Waals surface area contributed by atoms with E-state index < -0.39 is 23.2 Å². The van der Waals surface area contributed by atoms with Gasteiger partial charge in [-0.25, -0.2) is 0 Å². The van der Waals surface area contributed by atoms with Gasteiger partial charge in [-0.15, -0.1) is 0 Å². The zero-order valence-electron chi connectivity index (χ0n) is 20.0. The van der Waals surface area contributed by atoms with Crippen molar-refractivity contribution < 1.29 is 24.5 Å². The van der Waals surface area contributed by atoms with Gasteiger partial charge in [-0.05, 0) is 88.3 Å². The van der Waals surface area contributed by atoms with Crippen molar-refractivity contribution in [2.24, 2.45) is 5.92 Å². The number of hydrogen-bond donors (Lipinski definition) is 2. The number of carbonyl (C=O) groups is 2. The largest absolute Gasteiger partial charge is 0.504 e. The maximum Gasteiger partial charge on any atom is 0.257 e. The molecule has 4 aliphatic carbocycles. The fraction of sp³-hybridized carbons (Fsp3) is 0.643. The summed E-state index contributed by atoms with van der Waals surface area (Å²) in [5.41, 5.74) is 1.73. The summed E-state index contributed by atoms with van der Waals surface area (Å²) in [6.07, 6.45) is 7.74. The van der Waals surface area contributed by atoms with Gasteiger partial charge in [0.2, 0.25) is 0 Å². The van der Waals surface area contributed by atoms with Crippen LogP contribution in [0.1, 0.15) is 68.9 Å². The number of hydrogen-bond acceptors (Lipinski definition) is 6. The molecular weight excluding hydrogens is 444 g/mol. The number of benzene rings is 1. The van der Waals surface area contributed by atoms with Gasteiger partial charge in [0.15, 0.2) is 11.5 Å². The van der Waals surface area contributed by atoms with Crippen LogP contribution in [0.4, 0.5) is 0 Å². The van der Waals surface area contributed by atoms with Crippen LogP contribution in [0, 0.1) is 5.92 Å². The molecule has 2 amide bonds. The van der Waals surface area contributed by atoms with E-state index in [2.05, 4.69) is 4.90 Å². The second kappa shape index (κ2) is 6.68. The second-order valence-corrected chi connectivity index (χ2v) is 12.0. The number of aromatic hydroxyl groups is 1. The highest BCUT2D eigenvalue weighted by atomic mass is 16.5. The molecule has 7 nitrogen and oxygen atoms in total. The van der Waals surface area contributed by atoms with Crippen molar-refractivity contribution in [3.8, 4) is 11.5 Å². The Morgan fingerprint density at radius 2 is 1.77 bits per heavy atom. The highest BCUT2D eigenvalue weighted by Gasteiger charge is 2.74. The number of nitrogens with zero attached hydrogens (tertiary/aromatic N) is 2. The van der Waals surface area contributed by atoms with Gasteiger partial charge in [0.05, 0.1) is 17.1 Å². The van der Waals surface area contributed by atoms with Crippen LogP contribution in [-0.4, -0.2) is 68.7 Å². The van der Waals surface area contributed by atoms with Crippen molar-refractivity contribution in [2.45, 2.75) is 93.4 Å². The molecule has 5 atom stereocenters. The van der Waals surface area contributed by atoms with Crippen LogP contribution in [0.2, 0.25) is 0 Å². The van der Waals surface area contributed by atoms with Crippen LogP contribution in [-0.2, 0) is 21.4 Å². The van der Waals surface area contributed by atoms with Crippen molar-refractivity contribution in [1.29, 1.82) is 0 Å². The van der Waals surface area contributed by atoms with Crippen LogP contribution in [0.15, 0.2) is 23.3 Å². The third kappa shape index (κ3) is 2.40. The first-order valence-corrected chi connectivity index (χ1v) is 13.5. The van der Waals surface area contributed by atoms with Crippen molar-refractivity contribution in [3.63, 3.8) is 0 Å². The lowest BCUT2D eigenvalue weighted by molar-refractivity contribution is -0.201. The van der Waals surface area contributed by atoms with Gasteiger partial charge in [0.25, 0.3) is 11.8 Å². The minimum Gasteiger partial charge on any atom is -0.504 e. The number of phenolic OH excluding ortho intramolecular Hbond substituents is 1. The summed E-state index contributed by atoms with van der Waals surface area (Å²) in [7, 11) is 0. The SMILES string of the molecule is O=C1C2=C(CCCC2)C(=O)N1C1CC[C@@]2(O)[C@H]3Cc4ccc(O)c5c4[C@@]2(CCN3CC2CC2)C1O5. The molecule has 184 valence electrons. The number of carbonyl (C=O) groups excluding carboxylic acids is 2. The van der Waals surface area contributed by atoms with Gasteiger partial charge < -0.3 is 14.9 Å². The first-order chi connectivity index (χ1) is 16.9. The van der Waals surface area contributed by atoms with E-state index in [4.69, 9.17) is 4.74 Å². The van der Waals surface area contributed by atoms with Crippen LogP contribution in [0.5, 0.6) is 11.5 Å². The molecule has 0 aromatic heterocycles. The fourth-order valence-corrected chi connectivity index (χ4v) is 8.78. The van der Waals surface area contributed by atoms with E-state index >= 15 is 0 Å². The van der Waals surface area contributed by atoms with E-state index in [-0.39, 0.29) is 23.6 Å². The summed E-state index contributed by atoms with van der Waals surface area (Å²) in [6.45, 7) is 1.89. The Bertz CT molecular complexity index is 1190. The molecule has 2 N–H and O–H groups in total. The maximum absolute atomic E-state index is 13.5. The van der Waals surface area contributed by atoms with E-state index in [0.717, 1.165) is 49.4 Å². The Morgan fingerprint density at radius 1 is 1.03 bits per heavy atom. The molecule has 1 aromatic rings. The molecule has 1 spiro atoms. The molecule has 1 saturated heterocycles. The minimum absolute atomic E-state index is 0.0109. The zero-order chi connectivity index (χ0) is 23.7. The summed E-state index contributed by atoms with van der Waals surface area (Å²) >= 11 is 0. The van der Waals surface area contributed by atoms with Gasteiger partial charge in [-0.3, -0.25) is 19.4 Å². The summed E-state index contributed by atoms with van der Waals surface area (Å²) in [5, 5.41) is 23.4. The first kappa shape index (κ1) is 20.8. The number of imide groups is 1. The second-order valence-electron chi connectivity index (χ2n) is 12.0. The summed E-state index contributed by atoms with van der Waals surface area (Å²) in [6, 6.07) is 3.25. The quantitative estimate of drug-likeness (QED) is 0.652. The molecule has 2 bridgehead atoms. The zero-order valence-corrected chi connectivity index (χ0v) is 20.0. The molecular formula is C28H32N2O5. The van der Waals surface area contributed by atoms with Gasteiger partial charge >= 0.3 is 0 Å². The smallest absolute Gasteiger partial charge is 0.257 e. The van der Waals surface area contributed by atoms with Crippen molar-refractivity contribution in [1.82, 2.24) is 9.80 Å². The van der Waals surface area contributed by atoms with E-state index in [9.17, 15) is 19.8 Å².